The molecule has 0 aliphatic rings. The van der Waals surface area contributed by atoms with Crippen LogP contribution in [0.15, 0.2) is 12.7 Å². The van der Waals surface area contributed by atoms with Crippen molar-refractivity contribution in [3.63, 3.8) is 0 Å². The van der Waals surface area contributed by atoms with Gasteiger partial charge in [-0.25, -0.2) is 0 Å². The van der Waals surface area contributed by atoms with Gasteiger partial charge in [0.15, 0.2) is 0 Å². The molecule has 0 aliphatic carbocycles. The van der Waals surface area contributed by atoms with Crippen molar-refractivity contribution in [3.05, 3.63) is 12.7 Å². The van der Waals surface area contributed by atoms with Gasteiger partial charge in [0, 0.05) is 37.2 Å². The van der Waals surface area contributed by atoms with E-state index in [-0.39, 0.29) is 0 Å². The summed E-state index contributed by atoms with van der Waals surface area (Å²) in [5, 5.41) is 0. The molecule has 0 rings (SSSR count). The average molecular weight is 356 g/mol. The van der Waals surface area contributed by atoms with Crippen molar-refractivity contribution in [3.8, 4) is 0 Å². The van der Waals surface area contributed by atoms with Gasteiger partial charge in [0.1, 0.15) is 0 Å². The highest BCUT2D eigenvalue weighted by atomic mass is 128. The summed E-state index contributed by atoms with van der Waals surface area (Å²) in [6.45, 7) is 13.2. The van der Waals surface area contributed by atoms with Crippen molar-refractivity contribution in [1.29, 1.82) is 0 Å². The van der Waals surface area contributed by atoms with E-state index in [2.05, 4.69) is 43.8 Å². The third kappa shape index (κ3) is 331. The fourth-order valence-electron chi connectivity index (χ4n) is 0. The Morgan fingerprint density at radius 1 is 1.00 bits per heavy atom. The molecule has 0 saturated heterocycles. The first-order valence-electron chi connectivity index (χ1n) is 3.13. The van der Waals surface area contributed by atoms with E-state index in [0.29, 0.717) is 0 Å². The molecule has 0 aromatic heterocycles. The fraction of sp³-hybridized carbons (Fsp3) is 0.714. The summed E-state index contributed by atoms with van der Waals surface area (Å²) in [5.41, 5.74) is 0. The SMILES string of the molecule is C=CC.CC.CC.II. The predicted molar refractivity (Wildman–Crippen MR) is 66.6 cm³/mol. The topological polar surface area (TPSA) is 0 Å². The summed E-state index contributed by atoms with van der Waals surface area (Å²) >= 11 is 4.24. The molecular weight excluding hydrogens is 338 g/mol. The van der Waals surface area contributed by atoms with Crippen LogP contribution in [0.4, 0.5) is 0 Å². The van der Waals surface area contributed by atoms with Crippen LogP contribution in [-0.4, -0.2) is 0 Å². The molecule has 0 nitrogen and oxygen atoms in total. The Morgan fingerprint density at radius 2 is 1.00 bits per heavy atom. The molecule has 9 heavy (non-hydrogen) atoms. The van der Waals surface area contributed by atoms with Crippen molar-refractivity contribution >= 4 is 37.2 Å². The first-order valence-corrected chi connectivity index (χ1v) is 9.41. The van der Waals surface area contributed by atoms with Gasteiger partial charge >= 0.3 is 0 Å². The third-order valence-corrected chi connectivity index (χ3v) is 0. The van der Waals surface area contributed by atoms with Gasteiger partial charge < -0.3 is 0 Å². The van der Waals surface area contributed by atoms with Gasteiger partial charge in [-0.2, -0.15) is 0 Å². The molecule has 0 spiro atoms. The largest absolute Gasteiger partial charge is 0.103 e. The summed E-state index contributed by atoms with van der Waals surface area (Å²) in [6, 6.07) is 0. The molecule has 60 valence electrons. The molecule has 0 saturated carbocycles. The lowest BCUT2D eigenvalue weighted by molar-refractivity contribution is 1.50. The Morgan fingerprint density at radius 3 is 1.00 bits per heavy atom. The van der Waals surface area contributed by atoms with Crippen molar-refractivity contribution in [2.24, 2.45) is 0 Å². The first kappa shape index (κ1) is 22.5. The van der Waals surface area contributed by atoms with Crippen LogP contribution in [0.2, 0.25) is 0 Å². The van der Waals surface area contributed by atoms with Gasteiger partial charge in [-0.3, -0.25) is 0 Å². The predicted octanol–water partition coefficient (Wildman–Crippen LogP) is 5.02. The number of halogens is 2. The molecule has 0 amide bonds. The maximum absolute atomic E-state index is 3.36. The lowest BCUT2D eigenvalue weighted by atomic mass is 10.8. The second-order valence-electron chi connectivity index (χ2n) is 0.408. The molecular formula is C7H18I2. The molecule has 0 aromatic rings. The average Bonchev–Trinajstić information content (AvgIpc) is 2.01. The van der Waals surface area contributed by atoms with Gasteiger partial charge in [-0.1, -0.05) is 33.8 Å². The Bertz CT molecular complexity index is 14.4. The highest BCUT2D eigenvalue weighted by Crippen LogP contribution is 1.89. The second-order valence-corrected chi connectivity index (χ2v) is 0.408. The molecule has 0 unspecified atom stereocenters. The van der Waals surface area contributed by atoms with E-state index in [9.17, 15) is 0 Å². The van der Waals surface area contributed by atoms with E-state index in [1.54, 1.807) is 6.08 Å². The quantitative estimate of drug-likeness (QED) is 0.423. The van der Waals surface area contributed by atoms with E-state index in [1.165, 1.54) is 0 Å². The molecule has 0 N–H and O–H groups in total. The van der Waals surface area contributed by atoms with Crippen LogP contribution in [0.5, 0.6) is 0 Å². The Balaban J connectivity index is -0.0000000190. The number of hydrogen-bond acceptors (Lipinski definition) is 0. The lowest BCUT2D eigenvalue weighted by Gasteiger charge is -1.31. The number of rotatable bonds is 0. The van der Waals surface area contributed by atoms with Crippen LogP contribution in [-0.2, 0) is 0 Å². The molecule has 0 heterocycles. The minimum absolute atomic E-state index is 1.75. The van der Waals surface area contributed by atoms with Crippen LogP contribution in [0.25, 0.3) is 0 Å². The van der Waals surface area contributed by atoms with Crippen molar-refractivity contribution in [2.45, 2.75) is 34.6 Å². The lowest BCUT2D eigenvalue weighted by Crippen LogP contribution is -1.07. The summed E-state index contributed by atoms with van der Waals surface area (Å²) in [4.78, 5) is 0. The highest BCUT2D eigenvalue weighted by molar-refractivity contribution is 15.0. The van der Waals surface area contributed by atoms with Gasteiger partial charge in [-0.05, 0) is 6.92 Å². The summed E-state index contributed by atoms with van der Waals surface area (Å²) in [5.74, 6) is 0. The van der Waals surface area contributed by atoms with Crippen LogP contribution >= 0.6 is 37.2 Å². The molecule has 0 radical (unpaired) electrons. The van der Waals surface area contributed by atoms with E-state index in [1.807, 2.05) is 34.6 Å². The van der Waals surface area contributed by atoms with Gasteiger partial charge in [0.2, 0.25) is 0 Å². The zero-order chi connectivity index (χ0) is 8.71. The third-order valence-electron chi connectivity index (χ3n) is 0. The Kier molecular flexibility index (Phi) is 319. The Labute approximate surface area is 83.8 Å². The smallest absolute Gasteiger partial charge is 0 e. The van der Waals surface area contributed by atoms with Crippen LogP contribution in [0.3, 0.4) is 0 Å². The van der Waals surface area contributed by atoms with E-state index >= 15 is 0 Å². The zero-order valence-electron chi connectivity index (χ0n) is 7.04. The highest BCUT2D eigenvalue weighted by Gasteiger charge is 1.15. The molecule has 0 aromatic carbocycles. The summed E-state index contributed by atoms with van der Waals surface area (Å²) in [6.07, 6.45) is 1.75. The molecule has 0 fully saturated rings. The minimum Gasteiger partial charge on any atom is -0.103 e. The standard InChI is InChI=1S/C3H6.2C2H6.I2/c1-3-2;3*1-2/h3H,1H2,2H3;2*1-2H3;. The van der Waals surface area contributed by atoms with Gasteiger partial charge in [0.25, 0.3) is 0 Å². The zero-order valence-corrected chi connectivity index (χ0v) is 11.4. The van der Waals surface area contributed by atoms with E-state index in [4.69, 9.17) is 0 Å². The molecule has 2 heteroatoms. The summed E-state index contributed by atoms with van der Waals surface area (Å²) in [7, 11) is 0. The van der Waals surface area contributed by atoms with Crippen molar-refractivity contribution in [2.75, 3.05) is 0 Å². The minimum atomic E-state index is 1.75. The molecule has 0 aliphatic heterocycles. The second kappa shape index (κ2) is 128. The van der Waals surface area contributed by atoms with Crippen molar-refractivity contribution in [1.82, 2.24) is 0 Å². The first-order chi connectivity index (χ1) is 4.41. The van der Waals surface area contributed by atoms with E-state index < -0.39 is 0 Å². The van der Waals surface area contributed by atoms with Crippen LogP contribution < -0.4 is 0 Å². The van der Waals surface area contributed by atoms with Gasteiger partial charge in [-0.15, -0.1) is 6.58 Å². The number of hydrogen-bond donors (Lipinski definition) is 0. The summed E-state index contributed by atoms with van der Waals surface area (Å²) < 4.78 is 0. The fourth-order valence-corrected chi connectivity index (χ4v) is 0. The van der Waals surface area contributed by atoms with E-state index in [0.717, 1.165) is 0 Å². The normalized spacial score (nSPS) is 3.44. The maximum Gasteiger partial charge on any atom is 0 e. The van der Waals surface area contributed by atoms with Gasteiger partial charge in [0.05, 0.1) is 0 Å². The number of allylic oxidation sites excluding steroid dienone is 1. The Hall–Kier alpha value is 1.20. The van der Waals surface area contributed by atoms with Crippen molar-refractivity contribution < 1.29 is 0 Å². The van der Waals surface area contributed by atoms with Crippen LogP contribution in [0.1, 0.15) is 34.6 Å². The molecule has 0 bridgehead atoms. The maximum atomic E-state index is 3.36. The van der Waals surface area contributed by atoms with Crippen LogP contribution in [0, 0.1) is 0 Å². The molecule has 0 atom stereocenters. The monoisotopic (exact) mass is 356 g/mol.